The Morgan fingerprint density at radius 3 is 2.44 bits per heavy atom. The number of nitrogens with zero attached hydrogens (tertiary/aromatic N) is 2. The van der Waals surface area contributed by atoms with Crippen LogP contribution in [0.5, 0.6) is 0 Å². The van der Waals surface area contributed by atoms with Gasteiger partial charge in [0.05, 0.1) is 15.0 Å². The number of likely N-dealkylation sites (tertiary alicyclic amines) is 1. The van der Waals surface area contributed by atoms with Crippen LogP contribution in [0, 0.1) is 5.92 Å². The molecule has 1 saturated carbocycles. The minimum Gasteiger partial charge on any atom is -0.359 e. The topological polar surface area (TPSA) is 32.7 Å². The molecule has 18 heavy (non-hydrogen) atoms. The molecule has 3 nitrogen and oxygen atoms in total. The van der Waals surface area contributed by atoms with E-state index in [1.54, 1.807) is 0 Å². The van der Waals surface area contributed by atoms with Gasteiger partial charge >= 0.3 is 0 Å². The van der Waals surface area contributed by atoms with Gasteiger partial charge in [-0.3, -0.25) is 0 Å². The molecule has 3 rings (SSSR count). The second-order valence-electron chi connectivity index (χ2n) is 5.97. The predicted octanol–water partition coefficient (Wildman–Crippen LogP) is 2.46. The van der Waals surface area contributed by atoms with Crippen LogP contribution in [-0.4, -0.2) is 39.2 Å². The second kappa shape index (κ2) is 4.87. The van der Waals surface area contributed by atoms with E-state index in [0.29, 0.717) is 5.92 Å². The van der Waals surface area contributed by atoms with E-state index in [4.69, 9.17) is 0 Å². The van der Waals surface area contributed by atoms with Crippen LogP contribution >= 0.6 is 0 Å². The molecule has 102 valence electrons. The van der Waals surface area contributed by atoms with E-state index in [1.807, 2.05) is 0 Å². The number of hydrogen-bond acceptors (Lipinski definition) is 2. The molecule has 2 heterocycles. The molecule has 0 amide bonds. The Bertz CT molecular complexity index is 433. The summed E-state index contributed by atoms with van der Waals surface area (Å²) in [5, 5.41) is 0.240. The molecule has 0 aromatic heterocycles. The third-order valence-corrected chi connectivity index (χ3v) is 6.69. The summed E-state index contributed by atoms with van der Waals surface area (Å²) in [5.74, 6) is 5.54. The Hall–Kier alpha value is -0.510. The van der Waals surface area contributed by atoms with E-state index in [9.17, 15) is 4.21 Å². The number of hydrogen-bond donors (Lipinski definition) is 0. The summed E-state index contributed by atoms with van der Waals surface area (Å²) < 4.78 is 17.2. The molecular formula is C14H24N2OS. The lowest BCUT2D eigenvalue weighted by atomic mass is 9.87. The van der Waals surface area contributed by atoms with Crippen molar-refractivity contribution in [3.8, 4) is 0 Å². The van der Waals surface area contributed by atoms with Gasteiger partial charge in [-0.05, 0) is 31.6 Å². The van der Waals surface area contributed by atoms with E-state index in [-0.39, 0.29) is 5.25 Å². The van der Waals surface area contributed by atoms with Gasteiger partial charge in [-0.15, -0.1) is 0 Å². The molecule has 2 fully saturated rings. The highest BCUT2D eigenvalue weighted by molar-refractivity contribution is 8.00. The molecule has 1 saturated heterocycles. The summed E-state index contributed by atoms with van der Waals surface area (Å²) in [4.78, 5) is 2.42. The van der Waals surface area contributed by atoms with Gasteiger partial charge in [0.1, 0.15) is 5.84 Å². The van der Waals surface area contributed by atoms with Crippen molar-refractivity contribution in [1.82, 2.24) is 4.90 Å². The third kappa shape index (κ3) is 2.20. The van der Waals surface area contributed by atoms with Crippen LogP contribution in [0.4, 0.5) is 0 Å². The van der Waals surface area contributed by atoms with E-state index >= 15 is 0 Å². The molecule has 3 aliphatic rings. The maximum Gasteiger partial charge on any atom is 0.119 e. The lowest BCUT2D eigenvalue weighted by molar-refractivity contribution is 0.373. The van der Waals surface area contributed by atoms with Gasteiger partial charge in [-0.1, -0.05) is 25.7 Å². The minimum atomic E-state index is -2.21. The molecule has 1 aliphatic carbocycles. The third-order valence-electron chi connectivity index (χ3n) is 4.69. The quantitative estimate of drug-likeness (QED) is 0.632. The van der Waals surface area contributed by atoms with Crippen LogP contribution in [0.15, 0.2) is 4.40 Å². The van der Waals surface area contributed by atoms with Crippen LogP contribution < -0.4 is 0 Å². The van der Waals surface area contributed by atoms with E-state index in [0.717, 1.165) is 25.3 Å². The molecule has 3 atom stereocenters. The normalized spacial score (nSPS) is 41.1. The fourth-order valence-electron chi connectivity index (χ4n) is 3.72. The highest BCUT2D eigenvalue weighted by Gasteiger charge is 2.42. The van der Waals surface area contributed by atoms with Gasteiger partial charge in [0.2, 0.25) is 0 Å². The van der Waals surface area contributed by atoms with Gasteiger partial charge in [0.25, 0.3) is 0 Å². The molecule has 0 spiro atoms. The Kier molecular flexibility index (Phi) is 3.39. The smallest absolute Gasteiger partial charge is 0.119 e. The predicted molar refractivity (Wildman–Crippen MR) is 78.5 cm³/mol. The van der Waals surface area contributed by atoms with Gasteiger partial charge < -0.3 is 4.90 Å². The van der Waals surface area contributed by atoms with Crippen molar-refractivity contribution >= 4 is 21.4 Å². The van der Waals surface area contributed by atoms with Crippen molar-refractivity contribution < 1.29 is 4.21 Å². The first-order valence-electron chi connectivity index (χ1n) is 7.39. The fraction of sp³-hybridized carbons (Fsp3) is 0.857. The maximum absolute atomic E-state index is 12.6. The maximum atomic E-state index is 12.6. The molecule has 4 heteroatoms. The van der Waals surface area contributed by atoms with Crippen molar-refractivity contribution in [3.63, 3.8) is 0 Å². The van der Waals surface area contributed by atoms with Crippen LogP contribution in [0.1, 0.15) is 51.4 Å². The molecule has 2 aliphatic heterocycles. The summed E-state index contributed by atoms with van der Waals surface area (Å²) in [6, 6.07) is 0. The average molecular weight is 268 g/mol. The number of amidine groups is 1. The lowest BCUT2D eigenvalue weighted by Crippen LogP contribution is -2.39. The molecular weight excluding hydrogens is 244 g/mol. The molecule has 0 bridgehead atoms. The molecule has 0 aromatic carbocycles. The van der Waals surface area contributed by atoms with Crippen molar-refractivity contribution in [2.45, 2.75) is 56.6 Å². The number of fused-ring (bicyclic) bond motifs is 1. The van der Waals surface area contributed by atoms with Crippen molar-refractivity contribution in [2.24, 2.45) is 10.3 Å². The first kappa shape index (κ1) is 12.5. The summed E-state index contributed by atoms with van der Waals surface area (Å²) in [6.45, 7) is 2.22. The summed E-state index contributed by atoms with van der Waals surface area (Å²) in [6.07, 6.45) is 9.89. The highest BCUT2D eigenvalue weighted by atomic mass is 32.2. The number of rotatable bonds is 0. The summed E-state index contributed by atoms with van der Waals surface area (Å²) >= 11 is 0. The van der Waals surface area contributed by atoms with Crippen molar-refractivity contribution in [3.05, 3.63) is 0 Å². The minimum absolute atomic E-state index is 0.240. The molecule has 0 N–H and O–H groups in total. The van der Waals surface area contributed by atoms with Crippen LogP contribution in [0.2, 0.25) is 0 Å². The van der Waals surface area contributed by atoms with E-state index in [2.05, 4.69) is 15.2 Å². The van der Waals surface area contributed by atoms with Crippen molar-refractivity contribution in [1.29, 1.82) is 0 Å². The van der Waals surface area contributed by atoms with Crippen LogP contribution in [0.3, 0.4) is 0 Å². The molecule has 3 unspecified atom stereocenters. The Labute approximate surface area is 111 Å². The summed E-state index contributed by atoms with van der Waals surface area (Å²) in [5.41, 5.74) is 0. The van der Waals surface area contributed by atoms with Crippen molar-refractivity contribution in [2.75, 3.05) is 13.1 Å². The van der Waals surface area contributed by atoms with Gasteiger partial charge in [-0.25, -0.2) is 4.21 Å². The Morgan fingerprint density at radius 2 is 1.72 bits per heavy atom. The van der Waals surface area contributed by atoms with E-state index < -0.39 is 9.71 Å². The lowest BCUT2D eigenvalue weighted by Gasteiger charge is -2.31. The van der Waals surface area contributed by atoms with Crippen LogP contribution in [-0.2, 0) is 9.71 Å². The van der Waals surface area contributed by atoms with Gasteiger partial charge in [0.15, 0.2) is 0 Å². The largest absolute Gasteiger partial charge is 0.359 e. The first-order valence-corrected chi connectivity index (χ1v) is 9.14. The van der Waals surface area contributed by atoms with Gasteiger partial charge in [0, 0.05) is 19.0 Å². The van der Waals surface area contributed by atoms with E-state index in [1.165, 1.54) is 44.9 Å². The standard InChI is InChI=1S/C14H24N2OS/c1-18(17)13-9-5-4-8-12(13)14(15-18)16-10-6-2-3-7-11-16/h12-13H,1-11H2. The second-order valence-corrected chi connectivity index (χ2v) is 8.14. The average Bonchev–Trinajstić information content (AvgIpc) is 2.58. The van der Waals surface area contributed by atoms with Gasteiger partial charge in [-0.2, -0.15) is 4.40 Å². The zero-order chi connectivity index (χ0) is 12.6. The molecule has 0 aromatic rings. The first-order chi connectivity index (χ1) is 8.68. The fourth-order valence-corrected chi connectivity index (χ4v) is 5.73. The SMILES string of the molecule is C=S1(=O)N=C(N2CCCCCC2)C2CCCCC21. The Morgan fingerprint density at radius 1 is 1.06 bits per heavy atom. The zero-order valence-corrected chi connectivity index (χ0v) is 12.0. The Balaban J connectivity index is 1.86. The monoisotopic (exact) mass is 268 g/mol. The van der Waals surface area contributed by atoms with Crippen LogP contribution in [0.25, 0.3) is 0 Å². The highest BCUT2D eigenvalue weighted by Crippen LogP contribution is 2.37. The summed E-state index contributed by atoms with van der Waals surface area (Å²) in [7, 11) is -2.21. The zero-order valence-electron chi connectivity index (χ0n) is 11.1. The molecule has 0 radical (unpaired) electrons.